The van der Waals surface area contributed by atoms with Crippen molar-refractivity contribution >= 4 is 17.9 Å². The number of hydrogen-bond donors (Lipinski definition) is 6. The van der Waals surface area contributed by atoms with E-state index in [9.17, 15) is 14.4 Å². The largest absolute Gasteiger partial charge is 0.448 e. The topological polar surface area (TPSA) is 206 Å². The second-order valence-electron chi connectivity index (χ2n) is 6.67. The van der Waals surface area contributed by atoms with E-state index < -0.39 is 6.09 Å². The lowest BCUT2D eigenvalue weighted by molar-refractivity contribution is -0.135. The minimum Gasteiger partial charge on any atom is -0.448 e. The highest BCUT2D eigenvalue weighted by molar-refractivity contribution is 5.85. The second-order valence-corrected chi connectivity index (χ2v) is 6.67. The maximum atomic E-state index is 11.7. The summed E-state index contributed by atoms with van der Waals surface area (Å²) in [6.45, 7) is 6.92. The van der Waals surface area contributed by atoms with E-state index in [1.54, 1.807) is 0 Å². The van der Waals surface area contributed by atoms with E-state index in [1.807, 2.05) is 0 Å². The first-order valence-corrected chi connectivity index (χ1v) is 11.1. The van der Waals surface area contributed by atoms with Crippen LogP contribution >= 0.6 is 0 Å². The fraction of sp³-hybridized carbons (Fsp3) is 0.850. The summed E-state index contributed by atoms with van der Waals surface area (Å²) < 4.78 is 4.47. The number of carbonyl (C=O) groups is 3. The molecule has 0 saturated heterocycles. The molecule has 0 bridgehead atoms. The monoisotopic (exact) mass is 449 g/mol. The molecule has 11 heteroatoms. The molecule has 0 aromatic rings. The van der Waals surface area contributed by atoms with Gasteiger partial charge in [0.05, 0.1) is 19.6 Å². The summed E-state index contributed by atoms with van der Waals surface area (Å²) >= 11 is 0. The quantitative estimate of drug-likeness (QED) is 0.181. The van der Waals surface area contributed by atoms with Crippen molar-refractivity contribution in [3.8, 4) is 0 Å². The number of rotatable bonds is 15. The van der Waals surface area contributed by atoms with Gasteiger partial charge in [0, 0.05) is 6.54 Å². The van der Waals surface area contributed by atoms with Crippen molar-refractivity contribution in [2.45, 2.75) is 58.8 Å². The van der Waals surface area contributed by atoms with E-state index in [0.717, 1.165) is 32.4 Å². The molecule has 0 aromatic heterocycles. The van der Waals surface area contributed by atoms with Gasteiger partial charge in [-0.1, -0.05) is 33.1 Å². The van der Waals surface area contributed by atoms with Crippen molar-refractivity contribution in [3.05, 3.63) is 0 Å². The first kappa shape index (κ1) is 33.7. The van der Waals surface area contributed by atoms with Crippen LogP contribution in [0.5, 0.6) is 0 Å². The van der Waals surface area contributed by atoms with Gasteiger partial charge in [0.25, 0.3) is 0 Å². The highest BCUT2D eigenvalue weighted by Crippen LogP contribution is 1.98. The minimum absolute atomic E-state index is 0.0115. The number of primary amides is 1. The van der Waals surface area contributed by atoms with Crippen molar-refractivity contribution in [2.24, 2.45) is 28.7 Å². The second kappa shape index (κ2) is 28.1. The molecular weight excluding hydrogens is 402 g/mol. The number of ether oxygens (including phenoxy) is 1. The van der Waals surface area contributed by atoms with E-state index in [0.29, 0.717) is 13.1 Å². The van der Waals surface area contributed by atoms with E-state index >= 15 is 0 Å². The molecule has 11 N–H and O–H groups in total. The molecule has 0 saturated carbocycles. The molecule has 0 aliphatic rings. The summed E-state index contributed by atoms with van der Waals surface area (Å²) in [6.07, 6.45) is 6.40. The van der Waals surface area contributed by atoms with Gasteiger partial charge < -0.3 is 43.6 Å². The lowest BCUT2D eigenvalue weighted by Crippen LogP contribution is -2.44. The molecule has 0 spiro atoms. The number of carbonyl (C=O) groups excluding carboxylic acids is 3. The molecule has 0 heterocycles. The first-order chi connectivity index (χ1) is 14.8. The zero-order valence-electron chi connectivity index (χ0n) is 19.6. The van der Waals surface area contributed by atoms with Crippen LogP contribution in [0.3, 0.4) is 0 Å². The fourth-order valence-electron chi connectivity index (χ4n) is 2.02. The predicted molar refractivity (Wildman–Crippen MR) is 125 cm³/mol. The van der Waals surface area contributed by atoms with Crippen LogP contribution in [0.1, 0.15) is 58.8 Å². The Morgan fingerprint density at radius 3 is 1.77 bits per heavy atom. The normalized spacial score (nSPS) is 9.48. The Bertz CT molecular complexity index is 416. The SMILES string of the molecule is CCCCN.CCCCN.NCCCCCN(CC(=O)NCCOC(N)=O)C(=O)CN. The van der Waals surface area contributed by atoms with Gasteiger partial charge in [-0.25, -0.2) is 4.79 Å². The smallest absolute Gasteiger partial charge is 0.404 e. The van der Waals surface area contributed by atoms with Crippen molar-refractivity contribution < 1.29 is 19.1 Å². The van der Waals surface area contributed by atoms with Gasteiger partial charge in [-0.2, -0.15) is 0 Å². The molecule has 0 fully saturated rings. The Balaban J connectivity index is -0.000000646. The van der Waals surface area contributed by atoms with Gasteiger partial charge in [-0.3, -0.25) is 9.59 Å². The molecule has 0 aromatic carbocycles. The third-order valence-corrected chi connectivity index (χ3v) is 3.78. The van der Waals surface area contributed by atoms with Gasteiger partial charge in [-0.15, -0.1) is 0 Å². The van der Waals surface area contributed by atoms with Crippen molar-refractivity contribution in [1.82, 2.24) is 10.2 Å². The molecule has 11 nitrogen and oxygen atoms in total. The van der Waals surface area contributed by atoms with Crippen molar-refractivity contribution in [2.75, 3.05) is 52.4 Å². The molecule has 3 amide bonds. The molecule has 0 unspecified atom stereocenters. The number of nitrogens with one attached hydrogen (secondary N) is 1. The Morgan fingerprint density at radius 2 is 1.39 bits per heavy atom. The van der Waals surface area contributed by atoms with Crippen molar-refractivity contribution in [1.29, 1.82) is 0 Å². The molecular formula is C20H47N7O4. The summed E-state index contributed by atoms with van der Waals surface area (Å²) in [7, 11) is 0. The number of amides is 3. The molecule has 0 radical (unpaired) electrons. The molecule has 0 aliphatic carbocycles. The zero-order chi connectivity index (χ0) is 24.3. The van der Waals surface area contributed by atoms with E-state index in [-0.39, 0.29) is 38.1 Å². The van der Waals surface area contributed by atoms with Crippen LogP contribution in [0.25, 0.3) is 0 Å². The van der Waals surface area contributed by atoms with Gasteiger partial charge in [0.1, 0.15) is 6.61 Å². The lowest BCUT2D eigenvalue weighted by atomic mass is 10.2. The lowest BCUT2D eigenvalue weighted by Gasteiger charge is -2.21. The number of unbranched alkanes of at least 4 members (excludes halogenated alkanes) is 4. The Labute approximate surface area is 187 Å². The van der Waals surface area contributed by atoms with Crippen LogP contribution in [-0.2, 0) is 14.3 Å². The zero-order valence-corrected chi connectivity index (χ0v) is 19.6. The van der Waals surface area contributed by atoms with Gasteiger partial charge in [0.2, 0.25) is 11.8 Å². The van der Waals surface area contributed by atoms with Crippen LogP contribution in [0.2, 0.25) is 0 Å². The summed E-state index contributed by atoms with van der Waals surface area (Å²) in [4.78, 5) is 35.0. The van der Waals surface area contributed by atoms with Gasteiger partial charge >= 0.3 is 6.09 Å². The summed E-state index contributed by atoms with van der Waals surface area (Å²) in [6, 6.07) is 0. The first-order valence-electron chi connectivity index (χ1n) is 11.1. The molecule has 0 rings (SSSR count). The van der Waals surface area contributed by atoms with E-state index in [1.165, 1.54) is 30.6 Å². The van der Waals surface area contributed by atoms with Crippen LogP contribution in [0, 0.1) is 0 Å². The average Bonchev–Trinajstić information content (AvgIpc) is 2.74. The Hall–Kier alpha value is -1.95. The predicted octanol–water partition coefficient (Wildman–Crippen LogP) is -0.395. The maximum absolute atomic E-state index is 11.7. The highest BCUT2D eigenvalue weighted by atomic mass is 16.5. The number of nitrogens with zero attached hydrogens (tertiary/aromatic N) is 1. The summed E-state index contributed by atoms with van der Waals surface area (Å²) in [5.41, 5.74) is 25.8. The molecule has 186 valence electrons. The fourth-order valence-corrected chi connectivity index (χ4v) is 2.02. The van der Waals surface area contributed by atoms with Crippen LogP contribution < -0.4 is 34.0 Å². The Morgan fingerprint density at radius 1 is 0.839 bits per heavy atom. The third-order valence-electron chi connectivity index (χ3n) is 3.78. The summed E-state index contributed by atoms with van der Waals surface area (Å²) in [5.74, 6) is -0.630. The molecule has 31 heavy (non-hydrogen) atoms. The third kappa shape index (κ3) is 30.3. The van der Waals surface area contributed by atoms with Crippen LogP contribution in [0.4, 0.5) is 4.79 Å². The number of nitrogens with two attached hydrogens (primary N) is 5. The van der Waals surface area contributed by atoms with Gasteiger partial charge in [-0.05, 0) is 45.3 Å². The standard InChI is InChI=1S/C12H25N5O4.2C4H11N/c13-4-2-1-3-6-17(11(19)8-14)9-10(18)16-5-7-21-12(15)20;2*1-2-3-4-5/h1-9,13-14H2,(H2,15,20)(H,16,18);2*2-5H2,1H3. The molecule has 0 atom stereocenters. The van der Waals surface area contributed by atoms with E-state index in [4.69, 9.17) is 28.7 Å². The summed E-state index contributed by atoms with van der Waals surface area (Å²) in [5, 5.41) is 2.52. The average molecular weight is 450 g/mol. The highest BCUT2D eigenvalue weighted by Gasteiger charge is 2.15. The Kier molecular flexibility index (Phi) is 30.5. The maximum Gasteiger partial charge on any atom is 0.404 e. The minimum atomic E-state index is -0.899. The van der Waals surface area contributed by atoms with E-state index in [2.05, 4.69) is 23.9 Å². The van der Waals surface area contributed by atoms with Crippen molar-refractivity contribution in [3.63, 3.8) is 0 Å². The van der Waals surface area contributed by atoms with Crippen LogP contribution in [0.15, 0.2) is 0 Å². The number of hydrogen-bond acceptors (Lipinski definition) is 8. The van der Waals surface area contributed by atoms with Gasteiger partial charge in [0.15, 0.2) is 0 Å². The van der Waals surface area contributed by atoms with Crippen LogP contribution in [-0.4, -0.2) is 75.2 Å². The molecule has 0 aliphatic heterocycles.